The number of H-pyrrole nitrogens is 1. The molecular weight excluding hydrogens is 552 g/mol. The molecule has 2 aromatic rings. The summed E-state index contributed by atoms with van der Waals surface area (Å²) in [5.74, 6) is 0.0346. The predicted molar refractivity (Wildman–Crippen MR) is 168 cm³/mol. The Balaban J connectivity index is 1.70. The number of aliphatic imine (C=N–C) groups is 1. The van der Waals surface area contributed by atoms with E-state index in [0.29, 0.717) is 43.3 Å². The van der Waals surface area contributed by atoms with Crippen LogP contribution in [0.1, 0.15) is 51.8 Å². The van der Waals surface area contributed by atoms with Gasteiger partial charge >= 0.3 is 6.09 Å². The fourth-order valence-corrected chi connectivity index (χ4v) is 4.89. The summed E-state index contributed by atoms with van der Waals surface area (Å²) in [6.07, 6.45) is 4.00. The molecule has 3 rings (SSSR count). The largest absolute Gasteiger partial charge is 0.444 e. The van der Waals surface area contributed by atoms with Gasteiger partial charge in [-0.25, -0.2) is 14.9 Å². The molecule has 4 N–H and O–H groups in total. The highest BCUT2D eigenvalue weighted by Crippen LogP contribution is 2.33. The van der Waals surface area contributed by atoms with Crippen molar-refractivity contribution in [3.8, 4) is 11.1 Å². The molecule has 0 spiro atoms. The highest BCUT2D eigenvalue weighted by molar-refractivity contribution is 6.76. The average Bonchev–Trinajstić information content (AvgIpc) is 3.28. The quantitative estimate of drug-likeness (QED) is 0.159. The van der Waals surface area contributed by atoms with Crippen LogP contribution in [0, 0.1) is 0 Å². The maximum absolute atomic E-state index is 13.5. The molecule has 0 saturated carbocycles. The number of fused-ring (bicyclic) bond motifs is 1. The standard InChI is InChI=1S/C30H46N6O5Si/c1-8-12-36(40-13-11-32-29(38)41-30(2,3)4)28(37)23-16-22-10-9-21(17-25(22)34-27(31)18-23)24-19-33-35-26(24)20-39-14-15-42(5,6)7/h9-10,16-17,19H,8,11-15,18,20H2,1-7H3,(H2,31,34)(H,32,38)(H,33,35). The second kappa shape index (κ2) is 14.6. The molecule has 0 aliphatic carbocycles. The number of amides is 2. The van der Waals surface area contributed by atoms with Gasteiger partial charge in [-0.15, -0.1) is 0 Å². The molecule has 1 aromatic heterocycles. The number of alkyl carbamates (subject to hydrolysis) is 1. The van der Waals surface area contributed by atoms with Crippen molar-refractivity contribution in [1.82, 2.24) is 20.6 Å². The van der Waals surface area contributed by atoms with E-state index in [0.717, 1.165) is 28.4 Å². The lowest BCUT2D eigenvalue weighted by Crippen LogP contribution is -2.38. The molecule has 0 unspecified atom stereocenters. The predicted octanol–water partition coefficient (Wildman–Crippen LogP) is 5.40. The van der Waals surface area contributed by atoms with Crippen LogP contribution in [0.5, 0.6) is 0 Å². The Kier molecular flexibility index (Phi) is 11.5. The summed E-state index contributed by atoms with van der Waals surface area (Å²) in [6.45, 7) is 16.1. The van der Waals surface area contributed by atoms with E-state index in [1.165, 1.54) is 5.06 Å². The van der Waals surface area contributed by atoms with E-state index in [2.05, 4.69) is 40.1 Å². The van der Waals surface area contributed by atoms with Crippen molar-refractivity contribution in [2.45, 2.75) is 78.4 Å². The molecule has 1 aromatic carbocycles. The minimum Gasteiger partial charge on any atom is -0.444 e. The number of rotatable bonds is 13. The lowest BCUT2D eigenvalue weighted by molar-refractivity contribution is -0.181. The van der Waals surface area contributed by atoms with Crippen LogP contribution < -0.4 is 11.1 Å². The number of aromatic nitrogens is 2. The molecule has 230 valence electrons. The number of nitrogens with two attached hydrogens (primary N) is 1. The van der Waals surface area contributed by atoms with Crippen LogP contribution in [-0.4, -0.2) is 73.1 Å². The molecule has 1 aliphatic rings. The molecule has 42 heavy (non-hydrogen) atoms. The van der Waals surface area contributed by atoms with Crippen LogP contribution in [0.2, 0.25) is 25.7 Å². The van der Waals surface area contributed by atoms with Gasteiger partial charge in [0.15, 0.2) is 0 Å². The SMILES string of the molecule is CCCN(OCCNC(=O)OC(C)(C)C)C(=O)C1=Cc2ccc(-c3c[nH]nc3COCC[Si](C)(C)C)cc2N=C(N)C1. The number of benzene rings is 1. The summed E-state index contributed by atoms with van der Waals surface area (Å²) < 4.78 is 11.2. The zero-order valence-corrected chi connectivity index (χ0v) is 27.0. The number of nitrogens with zero attached hydrogens (tertiary/aromatic N) is 3. The van der Waals surface area contributed by atoms with E-state index >= 15 is 0 Å². The van der Waals surface area contributed by atoms with E-state index in [-0.39, 0.29) is 25.5 Å². The average molecular weight is 599 g/mol. The molecule has 0 bridgehead atoms. The summed E-state index contributed by atoms with van der Waals surface area (Å²) in [5.41, 5.74) is 10.3. The zero-order chi connectivity index (χ0) is 30.9. The number of aromatic amines is 1. The maximum Gasteiger partial charge on any atom is 0.407 e. The Labute approximate surface area is 249 Å². The lowest BCUT2D eigenvalue weighted by Gasteiger charge is -2.23. The van der Waals surface area contributed by atoms with Crippen molar-refractivity contribution in [3.63, 3.8) is 0 Å². The van der Waals surface area contributed by atoms with E-state index in [1.807, 2.05) is 37.4 Å². The van der Waals surface area contributed by atoms with Crippen LogP contribution in [0.25, 0.3) is 17.2 Å². The molecule has 2 heterocycles. The molecule has 0 saturated heterocycles. The van der Waals surface area contributed by atoms with Gasteiger partial charge in [-0.2, -0.15) is 5.10 Å². The molecule has 12 heteroatoms. The number of nitrogens with one attached hydrogen (secondary N) is 2. The minimum atomic E-state index is -1.17. The molecule has 1 aliphatic heterocycles. The van der Waals surface area contributed by atoms with Crippen molar-refractivity contribution in [2.24, 2.45) is 10.7 Å². The van der Waals surface area contributed by atoms with Crippen LogP contribution in [0.3, 0.4) is 0 Å². The molecule has 2 amide bonds. The first kappa shape index (κ1) is 33.0. The fourth-order valence-electron chi connectivity index (χ4n) is 4.13. The van der Waals surface area contributed by atoms with Crippen LogP contribution >= 0.6 is 0 Å². The summed E-state index contributed by atoms with van der Waals surface area (Å²) in [6, 6.07) is 6.95. The summed E-state index contributed by atoms with van der Waals surface area (Å²) in [4.78, 5) is 35.7. The van der Waals surface area contributed by atoms with Crippen LogP contribution in [0.4, 0.5) is 10.5 Å². The number of amidine groups is 1. The second-order valence-electron chi connectivity index (χ2n) is 12.5. The van der Waals surface area contributed by atoms with Crippen molar-refractivity contribution in [1.29, 1.82) is 0 Å². The van der Waals surface area contributed by atoms with Gasteiger partial charge in [-0.3, -0.25) is 14.7 Å². The Morgan fingerprint density at radius 2 is 1.95 bits per heavy atom. The van der Waals surface area contributed by atoms with E-state index in [1.54, 1.807) is 20.8 Å². The van der Waals surface area contributed by atoms with Gasteiger partial charge < -0.3 is 20.5 Å². The fraction of sp³-hybridized carbons (Fsp3) is 0.533. The van der Waals surface area contributed by atoms with Crippen LogP contribution in [0.15, 0.2) is 35.0 Å². The number of hydrogen-bond donors (Lipinski definition) is 3. The van der Waals surface area contributed by atoms with Gasteiger partial charge in [0.2, 0.25) is 0 Å². The van der Waals surface area contributed by atoms with Gasteiger partial charge in [-0.05, 0) is 50.9 Å². The Morgan fingerprint density at radius 3 is 2.64 bits per heavy atom. The van der Waals surface area contributed by atoms with Crippen molar-refractivity contribution < 1.29 is 23.9 Å². The van der Waals surface area contributed by atoms with Gasteiger partial charge in [-0.1, -0.05) is 38.7 Å². The maximum atomic E-state index is 13.5. The Hall–Kier alpha value is -3.48. The van der Waals surface area contributed by atoms with E-state index < -0.39 is 19.8 Å². The van der Waals surface area contributed by atoms with Crippen molar-refractivity contribution in [3.05, 3.63) is 41.2 Å². The first-order valence-electron chi connectivity index (χ1n) is 14.5. The van der Waals surface area contributed by atoms with Crippen LogP contribution in [-0.2, 0) is 25.7 Å². The number of carbonyl (C=O) groups excluding carboxylic acids is 2. The Bertz CT molecular complexity index is 1290. The topological polar surface area (TPSA) is 144 Å². The Morgan fingerprint density at radius 1 is 1.19 bits per heavy atom. The van der Waals surface area contributed by atoms with Crippen molar-refractivity contribution in [2.75, 3.05) is 26.3 Å². The highest BCUT2D eigenvalue weighted by Gasteiger charge is 2.23. The normalized spacial score (nSPS) is 13.5. The number of carbonyl (C=O) groups is 2. The molecule has 11 nitrogen and oxygen atoms in total. The minimum absolute atomic E-state index is 0.108. The van der Waals surface area contributed by atoms with E-state index in [4.69, 9.17) is 20.0 Å². The van der Waals surface area contributed by atoms with Gasteiger partial charge in [0.05, 0.1) is 24.6 Å². The monoisotopic (exact) mass is 598 g/mol. The number of ether oxygens (including phenoxy) is 2. The number of hydroxylamine groups is 2. The molecule has 0 fully saturated rings. The van der Waals surface area contributed by atoms with Gasteiger partial charge in [0, 0.05) is 57.1 Å². The first-order chi connectivity index (χ1) is 19.8. The van der Waals surface area contributed by atoms with Gasteiger partial charge in [0.25, 0.3) is 5.91 Å². The number of hydrogen-bond acceptors (Lipinski definition) is 8. The third-order valence-corrected chi connectivity index (χ3v) is 7.91. The van der Waals surface area contributed by atoms with Crippen molar-refractivity contribution >= 4 is 37.7 Å². The lowest BCUT2D eigenvalue weighted by atomic mass is 10.0. The smallest absolute Gasteiger partial charge is 0.407 e. The second-order valence-corrected chi connectivity index (χ2v) is 18.1. The zero-order valence-electron chi connectivity index (χ0n) is 26.0. The summed E-state index contributed by atoms with van der Waals surface area (Å²) >= 11 is 0. The third kappa shape index (κ3) is 10.4. The molecule has 0 radical (unpaired) electrons. The summed E-state index contributed by atoms with van der Waals surface area (Å²) in [5, 5.41) is 11.3. The summed E-state index contributed by atoms with van der Waals surface area (Å²) in [7, 11) is -1.17. The van der Waals surface area contributed by atoms with E-state index in [9.17, 15) is 9.59 Å². The molecule has 0 atom stereocenters. The third-order valence-electron chi connectivity index (χ3n) is 6.21. The first-order valence-corrected chi connectivity index (χ1v) is 18.2. The highest BCUT2D eigenvalue weighted by atomic mass is 28.3. The van der Waals surface area contributed by atoms with Gasteiger partial charge in [0.1, 0.15) is 11.4 Å². The molecular formula is C30H46N6O5Si.